The first-order chi connectivity index (χ1) is 8.54. The Morgan fingerprint density at radius 2 is 2.28 bits per heavy atom. The van der Waals surface area contributed by atoms with Gasteiger partial charge in [-0.3, -0.25) is 4.79 Å². The van der Waals surface area contributed by atoms with Gasteiger partial charge in [0.15, 0.2) is 0 Å². The van der Waals surface area contributed by atoms with Crippen LogP contribution in [0.15, 0.2) is 12.3 Å². The number of carboxylic acids is 1. The second-order valence-electron chi connectivity index (χ2n) is 4.22. The third-order valence-corrected chi connectivity index (χ3v) is 2.80. The van der Waals surface area contributed by atoms with Crippen LogP contribution in [-0.4, -0.2) is 22.6 Å². The number of anilines is 3. The van der Waals surface area contributed by atoms with Crippen molar-refractivity contribution in [3.8, 4) is 0 Å². The molecule has 1 heterocycles. The first-order valence-electron chi connectivity index (χ1n) is 6.02. The van der Waals surface area contributed by atoms with Crippen LogP contribution in [0.25, 0.3) is 0 Å². The van der Waals surface area contributed by atoms with Crippen molar-refractivity contribution >= 4 is 23.2 Å². The Morgan fingerprint density at radius 1 is 1.56 bits per heavy atom. The van der Waals surface area contributed by atoms with Crippen LogP contribution in [0.4, 0.5) is 17.2 Å². The van der Waals surface area contributed by atoms with Crippen LogP contribution in [0.5, 0.6) is 0 Å². The highest BCUT2D eigenvalue weighted by Gasteiger charge is 2.13. The molecule has 1 rings (SSSR count). The molecule has 0 spiro atoms. The fourth-order valence-electron chi connectivity index (χ4n) is 1.70. The highest BCUT2D eigenvalue weighted by molar-refractivity contribution is 5.69. The Bertz CT molecular complexity index is 409. The van der Waals surface area contributed by atoms with Crippen molar-refractivity contribution in [3.63, 3.8) is 0 Å². The molecule has 0 amide bonds. The predicted molar refractivity (Wildman–Crippen MR) is 72.2 cm³/mol. The lowest BCUT2D eigenvalue weighted by molar-refractivity contribution is -0.142. The maximum atomic E-state index is 10.8. The Labute approximate surface area is 106 Å². The summed E-state index contributed by atoms with van der Waals surface area (Å²) in [7, 11) is 0. The van der Waals surface area contributed by atoms with Crippen LogP contribution >= 0.6 is 0 Å². The molecule has 0 aliphatic carbocycles. The van der Waals surface area contributed by atoms with E-state index in [-0.39, 0.29) is 5.92 Å². The molecule has 100 valence electrons. The molecule has 0 aliphatic heterocycles. The van der Waals surface area contributed by atoms with Gasteiger partial charge in [0.1, 0.15) is 5.82 Å². The lowest BCUT2D eigenvalue weighted by Gasteiger charge is -2.11. The zero-order valence-corrected chi connectivity index (χ0v) is 10.5. The van der Waals surface area contributed by atoms with Gasteiger partial charge in [0.2, 0.25) is 0 Å². The van der Waals surface area contributed by atoms with E-state index in [0.717, 1.165) is 6.42 Å². The molecule has 1 aromatic rings. The summed E-state index contributed by atoms with van der Waals surface area (Å²) in [5.41, 5.74) is 12.3. The van der Waals surface area contributed by atoms with Crippen LogP contribution in [0, 0.1) is 5.92 Å². The molecular weight excluding hydrogens is 232 g/mol. The van der Waals surface area contributed by atoms with E-state index in [1.165, 1.54) is 6.20 Å². The van der Waals surface area contributed by atoms with Crippen molar-refractivity contribution in [1.29, 1.82) is 0 Å². The molecule has 6 N–H and O–H groups in total. The molecule has 0 aromatic carbocycles. The summed E-state index contributed by atoms with van der Waals surface area (Å²) < 4.78 is 0. The second kappa shape index (κ2) is 6.68. The highest BCUT2D eigenvalue weighted by atomic mass is 16.4. The largest absolute Gasteiger partial charge is 0.481 e. The summed E-state index contributed by atoms with van der Waals surface area (Å²) in [4.78, 5) is 14.9. The number of nitrogens with two attached hydrogens (primary N) is 2. The van der Waals surface area contributed by atoms with Gasteiger partial charge >= 0.3 is 5.97 Å². The number of aromatic nitrogens is 1. The highest BCUT2D eigenvalue weighted by Crippen LogP contribution is 2.18. The summed E-state index contributed by atoms with van der Waals surface area (Å²) in [5, 5.41) is 12.0. The number of nitrogens with zero attached hydrogens (tertiary/aromatic N) is 1. The van der Waals surface area contributed by atoms with E-state index in [0.29, 0.717) is 36.6 Å². The van der Waals surface area contributed by atoms with E-state index >= 15 is 0 Å². The number of rotatable bonds is 7. The van der Waals surface area contributed by atoms with Gasteiger partial charge in [-0.1, -0.05) is 6.92 Å². The van der Waals surface area contributed by atoms with Gasteiger partial charge in [-0.15, -0.1) is 0 Å². The maximum absolute atomic E-state index is 10.8. The molecule has 0 fully saturated rings. The van der Waals surface area contributed by atoms with Gasteiger partial charge in [0.05, 0.1) is 23.5 Å². The summed E-state index contributed by atoms with van der Waals surface area (Å²) in [5.74, 6) is -0.418. The lowest BCUT2D eigenvalue weighted by atomic mass is 10.0. The minimum absolute atomic E-state index is 0.275. The first-order valence-corrected chi connectivity index (χ1v) is 6.02. The predicted octanol–water partition coefficient (Wildman–Crippen LogP) is 1.55. The molecule has 0 bridgehead atoms. The van der Waals surface area contributed by atoms with Crippen molar-refractivity contribution in [2.24, 2.45) is 5.92 Å². The van der Waals surface area contributed by atoms with E-state index in [9.17, 15) is 4.79 Å². The molecule has 0 aliphatic rings. The average molecular weight is 252 g/mol. The van der Waals surface area contributed by atoms with E-state index in [1.807, 2.05) is 6.92 Å². The Kier molecular flexibility index (Phi) is 5.23. The Morgan fingerprint density at radius 3 is 2.83 bits per heavy atom. The molecule has 6 heteroatoms. The minimum Gasteiger partial charge on any atom is -0.481 e. The normalized spacial score (nSPS) is 12.1. The van der Waals surface area contributed by atoms with Crippen LogP contribution in [0.2, 0.25) is 0 Å². The number of carbonyl (C=O) groups is 1. The number of nitrogens with one attached hydrogen (secondary N) is 1. The third kappa shape index (κ3) is 4.12. The number of pyridine rings is 1. The summed E-state index contributed by atoms with van der Waals surface area (Å²) in [6.45, 7) is 2.52. The van der Waals surface area contributed by atoms with Crippen LogP contribution in [0.1, 0.15) is 26.2 Å². The molecule has 0 radical (unpaired) electrons. The molecule has 1 unspecified atom stereocenters. The van der Waals surface area contributed by atoms with Gasteiger partial charge < -0.3 is 21.9 Å². The van der Waals surface area contributed by atoms with E-state index in [4.69, 9.17) is 16.6 Å². The summed E-state index contributed by atoms with van der Waals surface area (Å²) in [6, 6.07) is 1.64. The van der Waals surface area contributed by atoms with Crippen LogP contribution in [-0.2, 0) is 4.79 Å². The number of carboxylic acid groups (broad SMARTS) is 1. The van der Waals surface area contributed by atoms with Gasteiger partial charge in [0, 0.05) is 6.54 Å². The number of hydrogen-bond acceptors (Lipinski definition) is 5. The van der Waals surface area contributed by atoms with Crippen molar-refractivity contribution < 1.29 is 9.90 Å². The average Bonchev–Trinajstić information content (AvgIpc) is 2.31. The Hall–Kier alpha value is -1.98. The zero-order valence-electron chi connectivity index (χ0n) is 10.5. The SMILES string of the molecule is CCC(CCCNc1ncc(N)cc1N)C(=O)O. The third-order valence-electron chi connectivity index (χ3n) is 2.80. The molecule has 1 aromatic heterocycles. The minimum atomic E-state index is -0.734. The van der Waals surface area contributed by atoms with Gasteiger partial charge in [-0.25, -0.2) is 4.98 Å². The molecule has 1 atom stereocenters. The van der Waals surface area contributed by atoms with Crippen molar-refractivity contribution in [1.82, 2.24) is 4.98 Å². The second-order valence-corrected chi connectivity index (χ2v) is 4.22. The smallest absolute Gasteiger partial charge is 0.306 e. The molecular formula is C12H20N4O2. The fraction of sp³-hybridized carbons (Fsp3) is 0.500. The topological polar surface area (TPSA) is 114 Å². The van der Waals surface area contributed by atoms with E-state index < -0.39 is 5.97 Å². The van der Waals surface area contributed by atoms with Crippen LogP contribution in [0.3, 0.4) is 0 Å². The lowest BCUT2D eigenvalue weighted by Crippen LogP contribution is -2.14. The van der Waals surface area contributed by atoms with Crippen molar-refractivity contribution in [3.05, 3.63) is 12.3 Å². The number of aliphatic carboxylic acids is 1. The fourth-order valence-corrected chi connectivity index (χ4v) is 1.70. The van der Waals surface area contributed by atoms with Gasteiger partial charge in [-0.05, 0) is 25.3 Å². The first kappa shape index (κ1) is 14.1. The van der Waals surface area contributed by atoms with Gasteiger partial charge in [0.25, 0.3) is 0 Å². The molecule has 0 saturated carbocycles. The van der Waals surface area contributed by atoms with Crippen molar-refractivity contribution in [2.45, 2.75) is 26.2 Å². The monoisotopic (exact) mass is 252 g/mol. The summed E-state index contributed by atoms with van der Waals surface area (Å²) >= 11 is 0. The number of hydrogen-bond donors (Lipinski definition) is 4. The van der Waals surface area contributed by atoms with E-state index in [1.54, 1.807) is 6.07 Å². The zero-order chi connectivity index (χ0) is 13.5. The van der Waals surface area contributed by atoms with Crippen molar-refractivity contribution in [2.75, 3.05) is 23.3 Å². The van der Waals surface area contributed by atoms with Gasteiger partial charge in [-0.2, -0.15) is 0 Å². The quantitative estimate of drug-likeness (QED) is 0.547. The molecule has 0 saturated heterocycles. The van der Waals surface area contributed by atoms with E-state index in [2.05, 4.69) is 10.3 Å². The molecule has 18 heavy (non-hydrogen) atoms. The molecule has 6 nitrogen and oxygen atoms in total. The standard InChI is InChI=1S/C12H20N4O2/c1-2-8(12(17)18)4-3-5-15-11-10(14)6-9(13)7-16-11/h6-8H,2-5,13-14H2,1H3,(H,15,16)(H,17,18). The van der Waals surface area contributed by atoms with Crippen LogP contribution < -0.4 is 16.8 Å². The number of nitrogen functional groups attached to an aromatic ring is 2. The maximum Gasteiger partial charge on any atom is 0.306 e. The Balaban J connectivity index is 2.35. The summed E-state index contributed by atoms with van der Waals surface area (Å²) in [6.07, 6.45) is 3.59.